The van der Waals surface area contributed by atoms with E-state index in [1.54, 1.807) is 43.3 Å². The van der Waals surface area contributed by atoms with Crippen LogP contribution in [0, 0.1) is 12.8 Å². The molecule has 10 heteroatoms. The van der Waals surface area contributed by atoms with Crippen molar-refractivity contribution in [3.8, 4) is 0 Å². The molecule has 0 saturated carbocycles. The predicted octanol–water partition coefficient (Wildman–Crippen LogP) is 4.65. The quantitative estimate of drug-likeness (QED) is 0.448. The summed E-state index contributed by atoms with van der Waals surface area (Å²) < 4.78 is 26.5. The number of aryl methyl sites for hydroxylation is 1. The number of nitrogens with zero attached hydrogens (tertiary/aromatic N) is 2. The van der Waals surface area contributed by atoms with Gasteiger partial charge in [0.05, 0.1) is 11.9 Å². The van der Waals surface area contributed by atoms with Crippen LogP contribution in [0.5, 0.6) is 0 Å². The summed E-state index contributed by atoms with van der Waals surface area (Å²) in [7, 11) is -3.84. The number of hydrogen-bond acceptors (Lipinski definition) is 4. The van der Waals surface area contributed by atoms with Gasteiger partial charge in [-0.2, -0.15) is 0 Å². The molecule has 7 nitrogen and oxygen atoms in total. The Morgan fingerprint density at radius 2 is 1.74 bits per heavy atom. The zero-order valence-corrected chi connectivity index (χ0v) is 23.0. The number of carbonyl (C=O) groups is 2. The van der Waals surface area contributed by atoms with Crippen LogP contribution in [0.2, 0.25) is 10.0 Å². The second-order valence-electron chi connectivity index (χ2n) is 8.88. The van der Waals surface area contributed by atoms with Gasteiger partial charge in [0.15, 0.2) is 0 Å². The van der Waals surface area contributed by atoms with Gasteiger partial charge in [0.2, 0.25) is 21.8 Å². The van der Waals surface area contributed by atoms with Gasteiger partial charge in [-0.1, -0.05) is 68.2 Å². The fourth-order valence-corrected chi connectivity index (χ4v) is 4.86. The Morgan fingerprint density at radius 1 is 1.09 bits per heavy atom. The molecule has 35 heavy (non-hydrogen) atoms. The lowest BCUT2D eigenvalue weighted by Gasteiger charge is -2.33. The molecule has 0 spiro atoms. The van der Waals surface area contributed by atoms with Gasteiger partial charge >= 0.3 is 0 Å². The molecule has 0 heterocycles. The van der Waals surface area contributed by atoms with E-state index in [2.05, 4.69) is 5.32 Å². The molecule has 0 saturated heterocycles. The minimum Gasteiger partial charge on any atom is -0.354 e. The molecule has 1 atom stereocenters. The van der Waals surface area contributed by atoms with E-state index < -0.39 is 28.5 Å². The fraction of sp³-hybridized carbons (Fsp3) is 0.440. The van der Waals surface area contributed by atoms with Gasteiger partial charge in [-0.25, -0.2) is 8.42 Å². The van der Waals surface area contributed by atoms with Gasteiger partial charge in [0.1, 0.15) is 12.6 Å². The highest BCUT2D eigenvalue weighted by atomic mass is 35.5. The standard InChI is InChI=1S/C25H33Cl2N3O4S/c1-6-22(25(32)28-14-17(2)3)29(15-19-9-7-8-10-21(19)27)24(31)16-30(35(5,33)34)23-13-20(26)12-11-18(23)4/h7-13,17,22H,6,14-16H2,1-5H3,(H,28,32)/t22-/m1/s1. The van der Waals surface area contributed by atoms with Crippen LogP contribution in [0.25, 0.3) is 0 Å². The molecule has 0 unspecified atom stereocenters. The monoisotopic (exact) mass is 541 g/mol. The van der Waals surface area contributed by atoms with Crippen LogP contribution in [0.3, 0.4) is 0 Å². The largest absolute Gasteiger partial charge is 0.354 e. The SMILES string of the molecule is CC[C@H](C(=O)NCC(C)C)N(Cc1ccccc1Cl)C(=O)CN(c1cc(Cl)ccc1C)S(C)(=O)=O. The van der Waals surface area contributed by atoms with E-state index in [0.29, 0.717) is 39.8 Å². The lowest BCUT2D eigenvalue weighted by atomic mass is 10.1. The molecule has 0 aliphatic carbocycles. The van der Waals surface area contributed by atoms with E-state index in [0.717, 1.165) is 10.6 Å². The highest BCUT2D eigenvalue weighted by molar-refractivity contribution is 7.92. The molecule has 0 aromatic heterocycles. The van der Waals surface area contributed by atoms with Crippen molar-refractivity contribution in [2.75, 3.05) is 23.7 Å². The number of amides is 2. The van der Waals surface area contributed by atoms with Gasteiger partial charge in [-0.3, -0.25) is 13.9 Å². The normalized spacial score (nSPS) is 12.3. The molecule has 2 aromatic carbocycles. The molecule has 2 rings (SSSR count). The van der Waals surface area contributed by atoms with Crippen molar-refractivity contribution in [2.45, 2.75) is 46.7 Å². The number of nitrogens with one attached hydrogen (secondary N) is 1. The van der Waals surface area contributed by atoms with Crippen LogP contribution in [0.4, 0.5) is 5.69 Å². The summed E-state index contributed by atoms with van der Waals surface area (Å²) >= 11 is 12.5. The van der Waals surface area contributed by atoms with E-state index in [1.807, 2.05) is 20.8 Å². The number of rotatable bonds is 11. The second kappa shape index (κ2) is 12.6. The number of anilines is 1. The van der Waals surface area contributed by atoms with E-state index in [-0.39, 0.29) is 18.4 Å². The molecule has 0 radical (unpaired) electrons. The van der Waals surface area contributed by atoms with Gasteiger partial charge in [0, 0.05) is 23.1 Å². The topological polar surface area (TPSA) is 86.8 Å². The molecule has 192 valence electrons. The number of halogens is 2. The van der Waals surface area contributed by atoms with Crippen molar-refractivity contribution >= 4 is 50.7 Å². The lowest BCUT2D eigenvalue weighted by molar-refractivity contribution is -0.140. The van der Waals surface area contributed by atoms with Crippen molar-refractivity contribution in [3.05, 3.63) is 63.6 Å². The van der Waals surface area contributed by atoms with Crippen molar-refractivity contribution in [1.29, 1.82) is 0 Å². The van der Waals surface area contributed by atoms with Crippen molar-refractivity contribution < 1.29 is 18.0 Å². The highest BCUT2D eigenvalue weighted by Crippen LogP contribution is 2.27. The summed E-state index contributed by atoms with van der Waals surface area (Å²) in [5.74, 6) is -0.594. The van der Waals surface area contributed by atoms with Crippen LogP contribution >= 0.6 is 23.2 Å². The first-order valence-electron chi connectivity index (χ1n) is 11.4. The third-order valence-corrected chi connectivity index (χ3v) is 7.22. The van der Waals surface area contributed by atoms with Crippen LogP contribution in [0.15, 0.2) is 42.5 Å². The van der Waals surface area contributed by atoms with E-state index in [9.17, 15) is 18.0 Å². The molecular weight excluding hydrogens is 509 g/mol. The first kappa shape index (κ1) is 28.9. The van der Waals surface area contributed by atoms with Crippen LogP contribution < -0.4 is 9.62 Å². The maximum atomic E-state index is 13.7. The van der Waals surface area contributed by atoms with Gasteiger partial charge < -0.3 is 10.2 Å². The molecule has 2 amide bonds. The first-order valence-corrected chi connectivity index (χ1v) is 14.0. The third-order valence-electron chi connectivity index (χ3n) is 5.49. The average molecular weight is 543 g/mol. The summed E-state index contributed by atoms with van der Waals surface area (Å²) in [6, 6.07) is 11.1. The predicted molar refractivity (Wildman–Crippen MR) is 142 cm³/mol. The third kappa shape index (κ3) is 8.12. The molecule has 0 aliphatic heterocycles. The van der Waals surface area contributed by atoms with E-state index in [4.69, 9.17) is 23.2 Å². The Hall–Kier alpha value is -2.29. The Bertz CT molecular complexity index is 1160. The minimum atomic E-state index is -3.84. The molecule has 1 N–H and O–H groups in total. The average Bonchev–Trinajstić information content (AvgIpc) is 2.78. The molecule has 0 bridgehead atoms. The van der Waals surface area contributed by atoms with Gasteiger partial charge in [0.25, 0.3) is 0 Å². The van der Waals surface area contributed by atoms with Crippen LogP contribution in [-0.4, -0.2) is 50.5 Å². The zero-order chi connectivity index (χ0) is 26.3. The molecule has 0 fully saturated rings. The maximum Gasteiger partial charge on any atom is 0.244 e. The van der Waals surface area contributed by atoms with E-state index >= 15 is 0 Å². The number of sulfonamides is 1. The van der Waals surface area contributed by atoms with Gasteiger partial charge in [-0.05, 0) is 48.6 Å². The Kier molecular flexibility index (Phi) is 10.4. The molecular formula is C25H33Cl2N3O4S. The molecule has 0 aliphatic rings. The maximum absolute atomic E-state index is 13.7. The number of carbonyl (C=O) groups excluding carboxylic acids is 2. The summed E-state index contributed by atoms with van der Waals surface area (Å²) in [6.45, 7) is 7.53. The number of hydrogen-bond donors (Lipinski definition) is 1. The number of benzene rings is 2. The van der Waals surface area contributed by atoms with Crippen molar-refractivity contribution in [2.24, 2.45) is 5.92 Å². The highest BCUT2D eigenvalue weighted by Gasteiger charge is 2.32. The first-order chi connectivity index (χ1) is 16.3. The summed E-state index contributed by atoms with van der Waals surface area (Å²) in [5, 5.41) is 3.68. The van der Waals surface area contributed by atoms with Crippen molar-refractivity contribution in [1.82, 2.24) is 10.2 Å². The fourth-order valence-electron chi connectivity index (χ4n) is 3.60. The summed E-state index contributed by atoms with van der Waals surface area (Å²) in [6.07, 6.45) is 1.38. The summed E-state index contributed by atoms with van der Waals surface area (Å²) in [4.78, 5) is 28.2. The minimum absolute atomic E-state index is 0.0538. The molecule has 2 aromatic rings. The lowest BCUT2D eigenvalue weighted by Crippen LogP contribution is -2.52. The Balaban J connectivity index is 2.48. The van der Waals surface area contributed by atoms with Crippen molar-refractivity contribution in [3.63, 3.8) is 0 Å². The smallest absolute Gasteiger partial charge is 0.244 e. The Morgan fingerprint density at radius 3 is 2.31 bits per heavy atom. The van der Waals surface area contributed by atoms with Crippen LogP contribution in [-0.2, 0) is 26.2 Å². The van der Waals surface area contributed by atoms with E-state index in [1.165, 1.54) is 11.0 Å². The zero-order valence-electron chi connectivity index (χ0n) is 20.7. The Labute approximate surface area is 218 Å². The van der Waals surface area contributed by atoms with Crippen LogP contribution in [0.1, 0.15) is 38.3 Å². The van der Waals surface area contributed by atoms with Gasteiger partial charge in [-0.15, -0.1) is 0 Å². The second-order valence-corrected chi connectivity index (χ2v) is 11.6. The summed E-state index contributed by atoms with van der Waals surface area (Å²) in [5.41, 5.74) is 1.61.